The van der Waals surface area contributed by atoms with Crippen molar-refractivity contribution in [2.75, 3.05) is 6.61 Å². The molecule has 0 saturated carbocycles. The van der Waals surface area contributed by atoms with Gasteiger partial charge in [0.1, 0.15) is 18.5 Å². The fraction of sp³-hybridized carbons (Fsp3) is 0.462. The Balaban J connectivity index is 2.34. The number of unbranched alkanes of at least 4 members (excludes halogenated alkanes) is 1. The van der Waals surface area contributed by atoms with Gasteiger partial charge >= 0.3 is 0 Å². The first-order valence-corrected chi connectivity index (χ1v) is 5.53. The van der Waals surface area contributed by atoms with E-state index in [1.807, 2.05) is 13.0 Å². The second kappa shape index (κ2) is 6.84. The van der Waals surface area contributed by atoms with E-state index in [0.717, 1.165) is 12.8 Å². The van der Waals surface area contributed by atoms with Gasteiger partial charge in [-0.1, -0.05) is 19.8 Å². The Morgan fingerprint density at radius 2 is 2.06 bits per heavy atom. The quantitative estimate of drug-likeness (QED) is 0.737. The van der Waals surface area contributed by atoms with E-state index in [1.54, 1.807) is 24.3 Å². The molecule has 1 aromatic carbocycles. The number of alkyl halides is 1. The Hall–Kier alpha value is -1.56. The van der Waals surface area contributed by atoms with Gasteiger partial charge in [-0.15, -0.1) is 0 Å². The van der Waals surface area contributed by atoms with Gasteiger partial charge in [0.25, 0.3) is 0 Å². The second-order valence-corrected chi connectivity index (χ2v) is 3.69. The number of rotatable bonds is 6. The number of ether oxygens (including phenoxy) is 1. The third-order valence-electron chi connectivity index (χ3n) is 2.29. The van der Waals surface area contributed by atoms with Crippen molar-refractivity contribution in [3.05, 3.63) is 29.8 Å². The summed E-state index contributed by atoms with van der Waals surface area (Å²) < 4.78 is 18.5. The van der Waals surface area contributed by atoms with Crippen LogP contribution in [-0.2, 0) is 0 Å². The summed E-state index contributed by atoms with van der Waals surface area (Å²) in [4.78, 5) is 0. The monoisotopic (exact) mass is 221 g/mol. The van der Waals surface area contributed by atoms with Crippen molar-refractivity contribution >= 4 is 0 Å². The van der Waals surface area contributed by atoms with Crippen LogP contribution >= 0.6 is 0 Å². The minimum atomic E-state index is -0.907. The highest BCUT2D eigenvalue weighted by Gasteiger charge is 2.06. The standard InChI is InChI=1S/C13H16FNO/c1-2-3-4-12(14)10-16-13-7-5-11(9-15)6-8-13/h5-8,12H,2-4,10H2,1H3/t12-/m0/s1. The molecule has 0 bridgehead atoms. The van der Waals surface area contributed by atoms with Gasteiger partial charge in [-0.25, -0.2) is 4.39 Å². The summed E-state index contributed by atoms with van der Waals surface area (Å²) in [5.41, 5.74) is 0.579. The molecule has 1 rings (SSSR count). The molecule has 0 aliphatic carbocycles. The van der Waals surface area contributed by atoms with Gasteiger partial charge in [-0.05, 0) is 30.7 Å². The molecule has 16 heavy (non-hydrogen) atoms. The molecule has 2 nitrogen and oxygen atoms in total. The maximum atomic E-state index is 13.2. The summed E-state index contributed by atoms with van der Waals surface area (Å²) in [7, 11) is 0. The molecule has 0 fully saturated rings. The van der Waals surface area contributed by atoms with Gasteiger partial charge in [0, 0.05) is 0 Å². The number of benzene rings is 1. The molecule has 0 radical (unpaired) electrons. The SMILES string of the molecule is CCCC[C@H](F)COc1ccc(C#N)cc1. The van der Waals surface area contributed by atoms with Crippen molar-refractivity contribution < 1.29 is 9.13 Å². The zero-order valence-electron chi connectivity index (χ0n) is 9.45. The highest BCUT2D eigenvalue weighted by Crippen LogP contribution is 2.13. The molecule has 0 spiro atoms. The first-order valence-electron chi connectivity index (χ1n) is 5.53. The van der Waals surface area contributed by atoms with E-state index in [0.29, 0.717) is 17.7 Å². The molecule has 0 N–H and O–H groups in total. The highest BCUT2D eigenvalue weighted by molar-refractivity contribution is 5.34. The second-order valence-electron chi connectivity index (χ2n) is 3.69. The molecule has 0 aliphatic heterocycles. The largest absolute Gasteiger partial charge is 0.491 e. The van der Waals surface area contributed by atoms with Crippen LogP contribution in [0.2, 0.25) is 0 Å². The molecule has 86 valence electrons. The molecule has 0 saturated heterocycles. The van der Waals surface area contributed by atoms with E-state index >= 15 is 0 Å². The van der Waals surface area contributed by atoms with Crippen molar-refractivity contribution in [3.8, 4) is 11.8 Å². The van der Waals surface area contributed by atoms with Crippen LogP contribution in [0.15, 0.2) is 24.3 Å². The Labute approximate surface area is 95.7 Å². The molecular formula is C13H16FNO. The number of hydrogen-bond acceptors (Lipinski definition) is 2. The molecule has 0 aliphatic rings. The first kappa shape index (κ1) is 12.5. The minimum Gasteiger partial charge on any atom is -0.491 e. The normalized spacial score (nSPS) is 11.8. The van der Waals surface area contributed by atoms with Crippen LogP contribution in [-0.4, -0.2) is 12.8 Å². The summed E-state index contributed by atoms with van der Waals surface area (Å²) in [6, 6.07) is 8.71. The summed E-state index contributed by atoms with van der Waals surface area (Å²) in [5, 5.41) is 8.59. The van der Waals surface area contributed by atoms with E-state index in [1.165, 1.54) is 0 Å². The van der Waals surface area contributed by atoms with Crippen molar-refractivity contribution in [2.45, 2.75) is 32.4 Å². The molecule has 0 heterocycles. The molecule has 3 heteroatoms. The summed E-state index contributed by atoms with van der Waals surface area (Å²) in [5.74, 6) is 0.609. The average Bonchev–Trinajstić information content (AvgIpc) is 2.34. The van der Waals surface area contributed by atoms with Gasteiger partial charge in [-0.3, -0.25) is 0 Å². The van der Waals surface area contributed by atoms with Gasteiger partial charge in [-0.2, -0.15) is 5.26 Å². The smallest absolute Gasteiger partial charge is 0.134 e. The molecule has 0 amide bonds. The molecule has 1 atom stereocenters. The predicted molar refractivity (Wildman–Crippen MR) is 61.1 cm³/mol. The van der Waals surface area contributed by atoms with E-state index < -0.39 is 6.17 Å². The predicted octanol–water partition coefficient (Wildman–Crippen LogP) is 3.47. The first-order chi connectivity index (χ1) is 7.76. The van der Waals surface area contributed by atoms with E-state index in [9.17, 15) is 4.39 Å². The van der Waals surface area contributed by atoms with Crippen LogP contribution in [0.25, 0.3) is 0 Å². The van der Waals surface area contributed by atoms with Crippen LogP contribution in [0.5, 0.6) is 5.75 Å². The maximum Gasteiger partial charge on any atom is 0.134 e. The van der Waals surface area contributed by atoms with Crippen LogP contribution < -0.4 is 4.74 Å². The lowest BCUT2D eigenvalue weighted by Gasteiger charge is -2.09. The maximum absolute atomic E-state index is 13.2. The lowest BCUT2D eigenvalue weighted by Crippen LogP contribution is -2.12. The minimum absolute atomic E-state index is 0.0892. The summed E-state index contributed by atoms with van der Waals surface area (Å²) >= 11 is 0. The Bertz CT molecular complexity index is 342. The summed E-state index contributed by atoms with van der Waals surface area (Å²) in [6.45, 7) is 2.13. The van der Waals surface area contributed by atoms with Gasteiger partial charge < -0.3 is 4.74 Å². The number of hydrogen-bond donors (Lipinski definition) is 0. The number of halogens is 1. The van der Waals surface area contributed by atoms with Gasteiger partial charge in [0.05, 0.1) is 11.6 Å². The van der Waals surface area contributed by atoms with Crippen molar-refractivity contribution in [2.24, 2.45) is 0 Å². The molecule has 0 aromatic heterocycles. The van der Waals surface area contributed by atoms with E-state index in [2.05, 4.69) is 0 Å². The molecule has 1 aromatic rings. The zero-order chi connectivity index (χ0) is 11.8. The lowest BCUT2D eigenvalue weighted by atomic mass is 10.2. The fourth-order valence-electron chi connectivity index (χ4n) is 1.32. The Kier molecular flexibility index (Phi) is 5.35. The van der Waals surface area contributed by atoms with E-state index in [4.69, 9.17) is 10.00 Å². The topological polar surface area (TPSA) is 33.0 Å². The lowest BCUT2D eigenvalue weighted by molar-refractivity contribution is 0.184. The fourth-order valence-corrected chi connectivity index (χ4v) is 1.32. The van der Waals surface area contributed by atoms with Crippen LogP contribution in [0.1, 0.15) is 31.7 Å². The van der Waals surface area contributed by atoms with Crippen molar-refractivity contribution in [1.29, 1.82) is 5.26 Å². The van der Waals surface area contributed by atoms with Crippen LogP contribution in [0.3, 0.4) is 0 Å². The van der Waals surface area contributed by atoms with Crippen molar-refractivity contribution in [3.63, 3.8) is 0 Å². The van der Waals surface area contributed by atoms with Crippen LogP contribution in [0, 0.1) is 11.3 Å². The van der Waals surface area contributed by atoms with E-state index in [-0.39, 0.29) is 6.61 Å². The van der Waals surface area contributed by atoms with Gasteiger partial charge in [0.15, 0.2) is 0 Å². The van der Waals surface area contributed by atoms with Crippen LogP contribution in [0.4, 0.5) is 4.39 Å². The molecule has 0 unspecified atom stereocenters. The van der Waals surface area contributed by atoms with Gasteiger partial charge in [0.2, 0.25) is 0 Å². The van der Waals surface area contributed by atoms with Crippen molar-refractivity contribution in [1.82, 2.24) is 0 Å². The zero-order valence-corrected chi connectivity index (χ0v) is 9.45. The molecular weight excluding hydrogens is 205 g/mol. The summed E-state index contributed by atoms with van der Waals surface area (Å²) in [6.07, 6.45) is 1.53. The Morgan fingerprint density at radius 3 is 2.62 bits per heavy atom. The average molecular weight is 221 g/mol. The number of nitriles is 1. The number of nitrogens with zero attached hydrogens (tertiary/aromatic N) is 1. The third-order valence-corrected chi connectivity index (χ3v) is 2.29. The Morgan fingerprint density at radius 1 is 1.38 bits per heavy atom. The highest BCUT2D eigenvalue weighted by atomic mass is 19.1. The third kappa shape index (κ3) is 4.31.